The lowest BCUT2D eigenvalue weighted by atomic mass is 10.2. The molecule has 0 aliphatic carbocycles. The number of amides is 1. The first kappa shape index (κ1) is 13.6. The van der Waals surface area contributed by atoms with Crippen molar-refractivity contribution in [2.75, 3.05) is 0 Å². The molecule has 106 valence electrons. The van der Waals surface area contributed by atoms with Crippen LogP contribution in [0, 0.1) is 0 Å². The second-order valence-corrected chi connectivity index (χ2v) is 5.18. The number of rotatable bonds is 4. The van der Waals surface area contributed by atoms with Crippen molar-refractivity contribution in [3.63, 3.8) is 0 Å². The van der Waals surface area contributed by atoms with E-state index in [1.807, 2.05) is 53.2 Å². The average Bonchev–Trinajstić information content (AvgIpc) is 2.88. The Morgan fingerprint density at radius 1 is 1.24 bits per heavy atom. The van der Waals surface area contributed by atoms with Gasteiger partial charge in [0.1, 0.15) is 6.54 Å². The molecule has 0 atom stereocenters. The van der Waals surface area contributed by atoms with Crippen LogP contribution in [-0.2, 0) is 17.9 Å². The van der Waals surface area contributed by atoms with Crippen LogP contribution in [-0.4, -0.2) is 15.5 Å². The Bertz CT molecular complexity index is 768. The molecule has 0 radical (unpaired) electrons. The summed E-state index contributed by atoms with van der Waals surface area (Å²) in [7, 11) is 0. The van der Waals surface area contributed by atoms with Gasteiger partial charge in [0, 0.05) is 28.3 Å². The summed E-state index contributed by atoms with van der Waals surface area (Å²) in [5.41, 5.74) is 1.84. The zero-order chi connectivity index (χ0) is 14.7. The van der Waals surface area contributed by atoms with Crippen LogP contribution >= 0.6 is 11.6 Å². The molecule has 1 N–H and O–H groups in total. The van der Waals surface area contributed by atoms with E-state index >= 15 is 0 Å². The van der Waals surface area contributed by atoms with Crippen molar-refractivity contribution in [1.82, 2.24) is 14.9 Å². The predicted octanol–water partition coefficient (Wildman–Crippen LogP) is 3.01. The molecular weight excluding hydrogens is 286 g/mol. The summed E-state index contributed by atoms with van der Waals surface area (Å²) < 4.78 is 1.90. The fourth-order valence-electron chi connectivity index (χ4n) is 2.21. The lowest BCUT2D eigenvalue weighted by molar-refractivity contribution is -0.121. The number of pyridine rings is 1. The first-order valence-corrected chi connectivity index (χ1v) is 7.01. The van der Waals surface area contributed by atoms with Crippen molar-refractivity contribution >= 4 is 28.4 Å². The SMILES string of the molecule is O=C(Cn1ccc2cc(Cl)ccc21)NCc1ccccn1. The minimum absolute atomic E-state index is 0.0481. The van der Waals surface area contributed by atoms with Crippen LogP contribution in [0.15, 0.2) is 54.9 Å². The number of hydrogen-bond donors (Lipinski definition) is 1. The van der Waals surface area contributed by atoms with Gasteiger partial charge in [-0.2, -0.15) is 0 Å². The Kier molecular flexibility index (Phi) is 3.88. The van der Waals surface area contributed by atoms with E-state index in [-0.39, 0.29) is 12.5 Å². The monoisotopic (exact) mass is 299 g/mol. The zero-order valence-electron chi connectivity index (χ0n) is 11.3. The van der Waals surface area contributed by atoms with E-state index in [1.165, 1.54) is 0 Å². The normalized spacial score (nSPS) is 10.7. The first-order chi connectivity index (χ1) is 10.2. The van der Waals surface area contributed by atoms with Crippen LogP contribution in [0.1, 0.15) is 5.69 Å². The van der Waals surface area contributed by atoms with E-state index in [9.17, 15) is 4.79 Å². The van der Waals surface area contributed by atoms with Gasteiger partial charge in [0.2, 0.25) is 5.91 Å². The zero-order valence-corrected chi connectivity index (χ0v) is 12.0. The lowest BCUT2D eigenvalue weighted by Crippen LogP contribution is -2.27. The molecule has 4 nitrogen and oxygen atoms in total. The van der Waals surface area contributed by atoms with Gasteiger partial charge in [0.05, 0.1) is 12.2 Å². The number of carbonyl (C=O) groups excluding carboxylic acids is 1. The highest BCUT2D eigenvalue weighted by molar-refractivity contribution is 6.31. The van der Waals surface area contributed by atoms with Gasteiger partial charge in [0.25, 0.3) is 0 Å². The summed E-state index contributed by atoms with van der Waals surface area (Å²) >= 11 is 5.96. The molecule has 2 aromatic heterocycles. The van der Waals surface area contributed by atoms with Crippen LogP contribution in [0.25, 0.3) is 10.9 Å². The molecule has 5 heteroatoms. The topological polar surface area (TPSA) is 46.9 Å². The number of nitrogens with zero attached hydrogens (tertiary/aromatic N) is 2. The molecule has 3 aromatic rings. The minimum Gasteiger partial charge on any atom is -0.349 e. The van der Waals surface area contributed by atoms with Crippen molar-refractivity contribution in [3.05, 3.63) is 65.6 Å². The molecule has 0 unspecified atom stereocenters. The third-order valence-electron chi connectivity index (χ3n) is 3.24. The average molecular weight is 300 g/mol. The highest BCUT2D eigenvalue weighted by Crippen LogP contribution is 2.20. The first-order valence-electron chi connectivity index (χ1n) is 6.63. The number of fused-ring (bicyclic) bond motifs is 1. The van der Waals surface area contributed by atoms with Gasteiger partial charge in [-0.15, -0.1) is 0 Å². The number of halogens is 1. The Hall–Kier alpha value is -2.33. The molecule has 0 aliphatic heterocycles. The third-order valence-corrected chi connectivity index (χ3v) is 3.47. The Morgan fingerprint density at radius 2 is 2.14 bits per heavy atom. The van der Waals surface area contributed by atoms with Gasteiger partial charge < -0.3 is 9.88 Å². The Balaban J connectivity index is 1.66. The molecule has 3 rings (SSSR count). The van der Waals surface area contributed by atoms with E-state index < -0.39 is 0 Å². The molecule has 0 aliphatic rings. The van der Waals surface area contributed by atoms with Crippen molar-refractivity contribution in [2.24, 2.45) is 0 Å². The molecule has 0 bridgehead atoms. The van der Waals surface area contributed by atoms with E-state index in [0.29, 0.717) is 11.6 Å². The van der Waals surface area contributed by atoms with Gasteiger partial charge in [-0.3, -0.25) is 9.78 Å². The highest BCUT2D eigenvalue weighted by atomic mass is 35.5. The van der Waals surface area contributed by atoms with E-state index in [1.54, 1.807) is 6.20 Å². The van der Waals surface area contributed by atoms with E-state index in [2.05, 4.69) is 10.3 Å². The van der Waals surface area contributed by atoms with Gasteiger partial charge in [-0.05, 0) is 36.4 Å². The van der Waals surface area contributed by atoms with E-state index in [0.717, 1.165) is 16.6 Å². The summed E-state index contributed by atoms with van der Waals surface area (Å²) in [5, 5.41) is 4.59. The maximum absolute atomic E-state index is 12.0. The predicted molar refractivity (Wildman–Crippen MR) is 83.0 cm³/mol. The maximum Gasteiger partial charge on any atom is 0.240 e. The fraction of sp³-hybridized carbons (Fsp3) is 0.125. The van der Waals surface area contributed by atoms with Crippen LogP contribution in [0.3, 0.4) is 0 Å². The van der Waals surface area contributed by atoms with Crippen LogP contribution in [0.5, 0.6) is 0 Å². The standard InChI is InChI=1S/C16H14ClN3O/c17-13-4-5-15-12(9-13)6-8-20(15)11-16(21)19-10-14-3-1-2-7-18-14/h1-9H,10-11H2,(H,19,21). The van der Waals surface area contributed by atoms with Crippen molar-refractivity contribution in [3.8, 4) is 0 Å². The molecule has 0 saturated carbocycles. The minimum atomic E-state index is -0.0481. The fourth-order valence-corrected chi connectivity index (χ4v) is 2.39. The second kappa shape index (κ2) is 5.97. The molecule has 1 aromatic carbocycles. The Morgan fingerprint density at radius 3 is 2.95 bits per heavy atom. The largest absolute Gasteiger partial charge is 0.349 e. The molecule has 1 amide bonds. The van der Waals surface area contributed by atoms with E-state index in [4.69, 9.17) is 11.6 Å². The van der Waals surface area contributed by atoms with Crippen molar-refractivity contribution in [2.45, 2.75) is 13.1 Å². The number of carbonyl (C=O) groups is 1. The number of hydrogen-bond acceptors (Lipinski definition) is 2. The second-order valence-electron chi connectivity index (χ2n) is 4.74. The van der Waals surface area contributed by atoms with Gasteiger partial charge in [-0.25, -0.2) is 0 Å². The molecule has 0 spiro atoms. The summed E-state index contributed by atoms with van der Waals surface area (Å²) in [4.78, 5) is 16.2. The van der Waals surface area contributed by atoms with Crippen molar-refractivity contribution in [1.29, 1.82) is 0 Å². The van der Waals surface area contributed by atoms with Crippen LogP contribution in [0.2, 0.25) is 5.02 Å². The molecule has 2 heterocycles. The third kappa shape index (κ3) is 3.23. The molecule has 0 saturated heterocycles. The van der Waals surface area contributed by atoms with Crippen LogP contribution in [0.4, 0.5) is 0 Å². The Labute approximate surface area is 127 Å². The smallest absolute Gasteiger partial charge is 0.240 e. The number of aromatic nitrogens is 2. The molecule has 0 fully saturated rings. The highest BCUT2D eigenvalue weighted by Gasteiger charge is 2.06. The van der Waals surface area contributed by atoms with Crippen molar-refractivity contribution < 1.29 is 4.79 Å². The summed E-state index contributed by atoms with van der Waals surface area (Å²) in [5.74, 6) is -0.0481. The van der Waals surface area contributed by atoms with Gasteiger partial charge in [-0.1, -0.05) is 17.7 Å². The van der Waals surface area contributed by atoms with Crippen LogP contribution < -0.4 is 5.32 Å². The maximum atomic E-state index is 12.0. The number of benzene rings is 1. The van der Waals surface area contributed by atoms with Gasteiger partial charge >= 0.3 is 0 Å². The lowest BCUT2D eigenvalue weighted by Gasteiger charge is -2.07. The molecular formula is C16H14ClN3O. The summed E-state index contributed by atoms with van der Waals surface area (Å²) in [6, 6.07) is 13.2. The molecule has 21 heavy (non-hydrogen) atoms. The summed E-state index contributed by atoms with van der Waals surface area (Å²) in [6.07, 6.45) is 3.60. The summed E-state index contributed by atoms with van der Waals surface area (Å²) in [6.45, 7) is 0.711. The number of nitrogens with one attached hydrogen (secondary N) is 1. The van der Waals surface area contributed by atoms with Gasteiger partial charge in [0.15, 0.2) is 0 Å². The quantitative estimate of drug-likeness (QED) is 0.805.